The predicted octanol–water partition coefficient (Wildman–Crippen LogP) is 5.00. The molecule has 2 heterocycles. The number of carbonyl (C=O) groups is 2. The Morgan fingerprint density at radius 3 is 2.26 bits per heavy atom. The van der Waals surface area contributed by atoms with Gasteiger partial charge >= 0.3 is 18.1 Å². The van der Waals surface area contributed by atoms with E-state index >= 15 is 4.39 Å². The first kappa shape index (κ1) is 26.9. The van der Waals surface area contributed by atoms with E-state index in [1.54, 1.807) is 4.31 Å². The maximum Gasteiger partial charge on any atom is 0.474 e. The van der Waals surface area contributed by atoms with Crippen molar-refractivity contribution in [2.45, 2.75) is 48.2 Å². The van der Waals surface area contributed by atoms with Crippen LogP contribution in [0.2, 0.25) is 0 Å². The Balaban J connectivity index is 1.63. The largest absolute Gasteiger partial charge is 0.474 e. The van der Waals surface area contributed by atoms with Crippen LogP contribution in [0, 0.1) is 17.6 Å². The number of anilines is 1. The number of carbonyl (C=O) groups excluding carboxylic acids is 2. The highest BCUT2D eigenvalue weighted by Crippen LogP contribution is 2.59. The quantitative estimate of drug-likeness (QED) is 0.381. The van der Waals surface area contributed by atoms with Gasteiger partial charge in [0.2, 0.25) is 0 Å². The van der Waals surface area contributed by atoms with Crippen LogP contribution in [0.25, 0.3) is 0 Å². The maximum absolute atomic E-state index is 16.2. The zero-order valence-electron chi connectivity index (χ0n) is 20.1. The third-order valence-electron chi connectivity index (χ3n) is 7.36. The number of methoxy groups -OCH3 is 1. The van der Waals surface area contributed by atoms with E-state index in [0.717, 1.165) is 20.0 Å². The van der Waals surface area contributed by atoms with Crippen molar-refractivity contribution in [2.24, 2.45) is 10.3 Å². The minimum atomic E-state index is -5.07. The molecule has 1 saturated carbocycles. The van der Waals surface area contributed by atoms with Crippen molar-refractivity contribution in [2.75, 3.05) is 22.9 Å². The monoisotopic (exact) mass is 574 g/mol. The number of ether oxygens (including phenoxy) is 1. The molecule has 2 unspecified atom stereocenters. The second-order valence-corrected chi connectivity index (χ2v) is 12.8. The van der Waals surface area contributed by atoms with Crippen molar-refractivity contribution < 1.29 is 40.5 Å². The number of hydrogen-bond donors (Lipinski definition) is 0. The summed E-state index contributed by atoms with van der Waals surface area (Å²) in [5.41, 5.74) is -0.769. The number of amides is 1. The third-order valence-corrected chi connectivity index (χ3v) is 10.6. The van der Waals surface area contributed by atoms with Crippen molar-refractivity contribution in [3.05, 3.63) is 59.2 Å². The van der Waals surface area contributed by atoms with Crippen LogP contribution in [0.5, 0.6) is 0 Å². The molecule has 1 spiro atoms. The van der Waals surface area contributed by atoms with Gasteiger partial charge in [0.1, 0.15) is 11.6 Å². The topological polar surface area (TPSA) is 76.0 Å². The molecule has 2 aromatic rings. The fraction of sp³-hybridized carbons (Fsp3) is 0.440. The van der Waals surface area contributed by atoms with E-state index in [1.165, 1.54) is 36.4 Å². The lowest BCUT2D eigenvalue weighted by atomic mass is 9.70. The second kappa shape index (κ2) is 9.82. The SMILES string of the molecule is COC(=O)c1ccc2c(c1F)C1(CCS(=NC(=O)C(F)(F)F)CC1)C(C1CC1)N2S(=O)c1ccc(F)cc1. The number of fused-ring (bicyclic) bond motifs is 2. The van der Waals surface area contributed by atoms with E-state index in [-0.39, 0.29) is 41.4 Å². The molecule has 6 nitrogen and oxygen atoms in total. The summed E-state index contributed by atoms with van der Waals surface area (Å²) in [4.78, 5) is 24.1. The number of hydrogen-bond acceptors (Lipinski definition) is 4. The number of alkyl halides is 3. The van der Waals surface area contributed by atoms with E-state index in [4.69, 9.17) is 4.74 Å². The van der Waals surface area contributed by atoms with E-state index < -0.39 is 62.8 Å². The molecular weight excluding hydrogens is 551 g/mol. The van der Waals surface area contributed by atoms with Crippen LogP contribution in [-0.4, -0.2) is 46.9 Å². The Morgan fingerprint density at radius 2 is 1.71 bits per heavy atom. The zero-order chi connectivity index (χ0) is 27.4. The molecule has 204 valence electrons. The van der Waals surface area contributed by atoms with Gasteiger partial charge in [-0.1, -0.05) is 10.7 Å². The molecule has 0 aromatic heterocycles. The first-order valence-corrected chi connectivity index (χ1v) is 14.5. The predicted molar refractivity (Wildman–Crippen MR) is 131 cm³/mol. The molecule has 13 heteroatoms. The number of esters is 1. The lowest BCUT2D eigenvalue weighted by Gasteiger charge is -2.42. The number of nitrogens with zero attached hydrogens (tertiary/aromatic N) is 2. The third kappa shape index (κ3) is 4.57. The lowest BCUT2D eigenvalue weighted by Crippen LogP contribution is -2.50. The molecule has 2 aliphatic heterocycles. The van der Waals surface area contributed by atoms with Crippen molar-refractivity contribution >= 4 is 39.2 Å². The molecule has 2 fully saturated rings. The molecular formula is C25H23F5N2O4S2. The highest BCUT2D eigenvalue weighted by atomic mass is 32.2. The molecule has 1 aliphatic carbocycles. The van der Waals surface area contributed by atoms with Gasteiger partial charge in [-0.3, -0.25) is 9.10 Å². The average molecular weight is 575 g/mol. The Kier molecular flexibility index (Phi) is 6.95. The minimum absolute atomic E-state index is 0.0291. The summed E-state index contributed by atoms with van der Waals surface area (Å²) in [6.07, 6.45) is -3.12. The molecule has 5 rings (SSSR count). The molecule has 2 aromatic carbocycles. The van der Waals surface area contributed by atoms with Crippen LogP contribution < -0.4 is 4.31 Å². The van der Waals surface area contributed by atoms with Crippen LogP contribution in [-0.2, 0) is 36.6 Å². The highest BCUT2D eigenvalue weighted by Gasteiger charge is 2.60. The normalized spacial score (nSPS) is 25.7. The first-order chi connectivity index (χ1) is 18.0. The summed E-state index contributed by atoms with van der Waals surface area (Å²) in [6, 6.07) is 7.44. The van der Waals surface area contributed by atoms with Crippen LogP contribution in [0.4, 0.5) is 27.6 Å². The van der Waals surface area contributed by atoms with E-state index in [1.807, 2.05) is 0 Å². The fourth-order valence-corrected chi connectivity index (χ4v) is 8.99. The second-order valence-electron chi connectivity index (χ2n) is 9.54. The van der Waals surface area contributed by atoms with Crippen LogP contribution >= 0.6 is 0 Å². The Morgan fingerprint density at radius 1 is 1.08 bits per heavy atom. The van der Waals surface area contributed by atoms with Crippen LogP contribution in [0.15, 0.2) is 45.7 Å². The van der Waals surface area contributed by atoms with Gasteiger partial charge in [-0.05, 0) is 68.0 Å². The molecule has 0 radical (unpaired) electrons. The summed E-state index contributed by atoms with van der Waals surface area (Å²) in [5.74, 6) is -4.09. The average Bonchev–Trinajstić information content (AvgIpc) is 3.68. The number of benzene rings is 2. The van der Waals surface area contributed by atoms with Gasteiger partial charge in [0.25, 0.3) is 0 Å². The van der Waals surface area contributed by atoms with Crippen molar-refractivity contribution in [3.8, 4) is 0 Å². The van der Waals surface area contributed by atoms with Gasteiger partial charge < -0.3 is 4.74 Å². The number of rotatable bonds is 4. The maximum atomic E-state index is 16.2. The van der Waals surface area contributed by atoms with Gasteiger partial charge in [-0.2, -0.15) is 17.5 Å². The van der Waals surface area contributed by atoms with Gasteiger partial charge in [0, 0.05) is 22.5 Å². The van der Waals surface area contributed by atoms with Crippen LogP contribution in [0.3, 0.4) is 0 Å². The van der Waals surface area contributed by atoms with Gasteiger partial charge in [-0.15, -0.1) is 0 Å². The Hall–Kier alpha value is -2.67. The highest BCUT2D eigenvalue weighted by molar-refractivity contribution is 7.87. The van der Waals surface area contributed by atoms with Gasteiger partial charge in [0.05, 0.1) is 29.3 Å². The standard InChI is InChI=1S/C25H23F5N2O4S2/c1-36-22(33)17-8-9-18-19(20(17)27)24(10-12-37(13-11-24)31-23(34)25(28,29)30)21(14-2-3-14)32(18)38(35)16-6-4-15(26)5-7-16/h4-9,14,21H,2-3,10-13H2,1H3. The molecule has 0 bridgehead atoms. The Labute approximate surface area is 220 Å². The molecule has 3 aliphatic rings. The zero-order valence-corrected chi connectivity index (χ0v) is 21.7. The first-order valence-electron chi connectivity index (χ1n) is 11.9. The lowest BCUT2D eigenvalue weighted by molar-refractivity contribution is -0.169. The van der Waals surface area contributed by atoms with E-state index in [9.17, 15) is 31.4 Å². The smallest absolute Gasteiger partial charge is 0.465 e. The molecule has 1 amide bonds. The summed E-state index contributed by atoms with van der Waals surface area (Å²) >= 11 is 0. The van der Waals surface area contributed by atoms with Crippen molar-refractivity contribution in [1.29, 1.82) is 0 Å². The summed E-state index contributed by atoms with van der Waals surface area (Å²) in [6.45, 7) is 0. The minimum Gasteiger partial charge on any atom is -0.465 e. The molecule has 1 saturated heterocycles. The molecule has 0 N–H and O–H groups in total. The van der Waals surface area contributed by atoms with Crippen LogP contribution in [0.1, 0.15) is 41.6 Å². The van der Waals surface area contributed by atoms with Gasteiger partial charge in [-0.25, -0.2) is 17.8 Å². The van der Waals surface area contributed by atoms with Crippen molar-refractivity contribution in [3.63, 3.8) is 0 Å². The summed E-state index contributed by atoms with van der Waals surface area (Å²) in [5, 5.41) is 0. The van der Waals surface area contributed by atoms with E-state index in [2.05, 4.69) is 4.36 Å². The summed E-state index contributed by atoms with van der Waals surface area (Å²) in [7, 11) is -1.95. The molecule has 2 atom stereocenters. The Bertz CT molecular complexity index is 1350. The number of halogens is 5. The van der Waals surface area contributed by atoms with E-state index in [0.29, 0.717) is 10.6 Å². The van der Waals surface area contributed by atoms with Crippen molar-refractivity contribution in [1.82, 2.24) is 0 Å². The summed E-state index contributed by atoms with van der Waals surface area (Å²) < 4.78 is 91.8. The fourth-order valence-electron chi connectivity index (χ4n) is 5.56. The molecule has 38 heavy (non-hydrogen) atoms. The van der Waals surface area contributed by atoms with Gasteiger partial charge in [0.15, 0.2) is 11.0 Å².